The number of fused-ring (bicyclic) bond motifs is 1. The smallest absolute Gasteiger partial charge is 0.329 e. The molecule has 2 aromatic rings. The molecule has 3 rings (SSSR count). The summed E-state index contributed by atoms with van der Waals surface area (Å²) in [6.45, 7) is 7.02. The number of anilines is 1. The molecule has 1 aliphatic rings. The number of carbonyl (C=O) groups excluding carboxylic acids is 4. The van der Waals surface area contributed by atoms with Crippen molar-refractivity contribution in [2.24, 2.45) is 5.92 Å². The van der Waals surface area contributed by atoms with Crippen molar-refractivity contribution >= 4 is 29.4 Å². The van der Waals surface area contributed by atoms with Gasteiger partial charge in [-0.15, -0.1) is 0 Å². The Hall–Kier alpha value is -3.48. The summed E-state index contributed by atoms with van der Waals surface area (Å²) in [5, 5.41) is 2.72. The average Bonchev–Trinajstić information content (AvgIpc) is 2.97. The minimum Gasteiger partial charge on any atom is -0.454 e. The van der Waals surface area contributed by atoms with E-state index in [4.69, 9.17) is 4.74 Å². The summed E-state index contributed by atoms with van der Waals surface area (Å²) in [4.78, 5) is 51.7. The standard InChI is InChI=1S/C24H26N2O5/c1-14(2)11-20(26-22(28)17-7-5-6-8-18(17)23(26)29)24(30)31-13-21(27)25-19-12-15(3)9-10-16(19)4/h5-10,12,14,20H,11,13H2,1-4H3,(H,25,27)/t20-/m1/s1. The van der Waals surface area contributed by atoms with Gasteiger partial charge >= 0.3 is 5.97 Å². The highest BCUT2D eigenvalue weighted by molar-refractivity contribution is 6.22. The molecule has 0 radical (unpaired) electrons. The predicted molar refractivity (Wildman–Crippen MR) is 116 cm³/mol. The number of hydrogen-bond acceptors (Lipinski definition) is 5. The fourth-order valence-corrected chi connectivity index (χ4v) is 3.53. The Morgan fingerprint density at radius 2 is 1.61 bits per heavy atom. The highest BCUT2D eigenvalue weighted by Crippen LogP contribution is 2.27. The minimum atomic E-state index is -1.10. The molecule has 7 nitrogen and oxygen atoms in total. The predicted octanol–water partition coefficient (Wildman–Crippen LogP) is 3.50. The summed E-state index contributed by atoms with van der Waals surface area (Å²) >= 11 is 0. The number of nitrogens with zero attached hydrogens (tertiary/aromatic N) is 1. The second-order valence-electron chi connectivity index (χ2n) is 8.15. The van der Waals surface area contributed by atoms with E-state index in [1.807, 2.05) is 45.9 Å². The molecule has 1 aliphatic heterocycles. The van der Waals surface area contributed by atoms with Crippen LogP contribution in [0.15, 0.2) is 42.5 Å². The SMILES string of the molecule is Cc1ccc(C)c(NC(=O)COC(=O)[C@@H](CC(C)C)N2C(=O)c3ccccc3C2=O)c1. The van der Waals surface area contributed by atoms with Gasteiger partial charge in [0, 0.05) is 5.69 Å². The van der Waals surface area contributed by atoms with E-state index < -0.39 is 36.3 Å². The lowest BCUT2D eigenvalue weighted by Crippen LogP contribution is -2.46. The number of benzene rings is 2. The molecule has 162 valence electrons. The fourth-order valence-electron chi connectivity index (χ4n) is 3.53. The van der Waals surface area contributed by atoms with Crippen molar-refractivity contribution in [2.45, 2.75) is 40.2 Å². The van der Waals surface area contributed by atoms with Crippen molar-refractivity contribution in [1.82, 2.24) is 4.90 Å². The molecule has 0 unspecified atom stereocenters. The van der Waals surface area contributed by atoms with Crippen molar-refractivity contribution in [3.63, 3.8) is 0 Å². The zero-order chi connectivity index (χ0) is 22.7. The van der Waals surface area contributed by atoms with Gasteiger partial charge in [-0.25, -0.2) is 4.79 Å². The maximum Gasteiger partial charge on any atom is 0.329 e. The van der Waals surface area contributed by atoms with Gasteiger partial charge in [0.25, 0.3) is 17.7 Å². The zero-order valence-electron chi connectivity index (χ0n) is 18.1. The third kappa shape index (κ3) is 4.82. The van der Waals surface area contributed by atoms with Crippen LogP contribution in [-0.2, 0) is 14.3 Å². The number of rotatable bonds is 7. The van der Waals surface area contributed by atoms with Gasteiger partial charge in [-0.2, -0.15) is 0 Å². The van der Waals surface area contributed by atoms with Gasteiger partial charge < -0.3 is 10.1 Å². The number of esters is 1. The highest BCUT2D eigenvalue weighted by atomic mass is 16.5. The monoisotopic (exact) mass is 422 g/mol. The average molecular weight is 422 g/mol. The van der Waals surface area contributed by atoms with E-state index in [1.165, 1.54) is 0 Å². The van der Waals surface area contributed by atoms with E-state index in [0.717, 1.165) is 16.0 Å². The van der Waals surface area contributed by atoms with Crippen LogP contribution in [0.2, 0.25) is 0 Å². The van der Waals surface area contributed by atoms with Gasteiger partial charge in [-0.05, 0) is 55.5 Å². The van der Waals surface area contributed by atoms with Crippen molar-refractivity contribution in [2.75, 3.05) is 11.9 Å². The van der Waals surface area contributed by atoms with Crippen LogP contribution in [0.25, 0.3) is 0 Å². The summed E-state index contributed by atoms with van der Waals surface area (Å²) in [5.74, 6) is -2.30. The maximum atomic E-state index is 12.8. The van der Waals surface area contributed by atoms with Crippen molar-refractivity contribution in [3.05, 3.63) is 64.7 Å². The molecular weight excluding hydrogens is 396 g/mol. The van der Waals surface area contributed by atoms with Gasteiger partial charge in [0.05, 0.1) is 11.1 Å². The first-order valence-corrected chi connectivity index (χ1v) is 10.2. The molecule has 31 heavy (non-hydrogen) atoms. The topological polar surface area (TPSA) is 92.8 Å². The minimum absolute atomic E-state index is 0.0191. The normalized spacial score (nSPS) is 13.9. The second kappa shape index (κ2) is 9.12. The number of carbonyl (C=O) groups is 4. The molecule has 1 atom stereocenters. The van der Waals surface area contributed by atoms with Gasteiger partial charge in [-0.3, -0.25) is 19.3 Å². The van der Waals surface area contributed by atoms with Gasteiger partial charge in [0.2, 0.25) is 0 Å². The van der Waals surface area contributed by atoms with Crippen LogP contribution < -0.4 is 5.32 Å². The van der Waals surface area contributed by atoms with E-state index in [2.05, 4.69) is 5.32 Å². The van der Waals surface area contributed by atoms with Crippen LogP contribution in [-0.4, -0.2) is 41.2 Å². The fraction of sp³-hybridized carbons (Fsp3) is 0.333. The lowest BCUT2D eigenvalue weighted by molar-refractivity contribution is -0.151. The molecule has 0 aromatic heterocycles. The van der Waals surface area contributed by atoms with Crippen LogP contribution in [0.3, 0.4) is 0 Å². The molecule has 0 aliphatic carbocycles. The molecule has 1 N–H and O–H groups in total. The molecule has 0 saturated carbocycles. The Morgan fingerprint density at radius 3 is 2.19 bits per heavy atom. The molecule has 1 heterocycles. The van der Waals surface area contributed by atoms with E-state index >= 15 is 0 Å². The summed E-state index contributed by atoms with van der Waals surface area (Å²) in [5.41, 5.74) is 3.04. The van der Waals surface area contributed by atoms with Crippen LogP contribution in [0, 0.1) is 19.8 Å². The zero-order valence-corrected chi connectivity index (χ0v) is 18.1. The Labute approximate surface area is 181 Å². The molecule has 0 saturated heterocycles. The largest absolute Gasteiger partial charge is 0.454 e. The molecule has 2 aromatic carbocycles. The van der Waals surface area contributed by atoms with E-state index in [0.29, 0.717) is 5.69 Å². The van der Waals surface area contributed by atoms with Crippen molar-refractivity contribution in [1.29, 1.82) is 0 Å². The van der Waals surface area contributed by atoms with Gasteiger partial charge in [0.15, 0.2) is 6.61 Å². The molecule has 7 heteroatoms. The molecule has 0 spiro atoms. The Bertz CT molecular complexity index is 1010. The van der Waals surface area contributed by atoms with E-state index in [1.54, 1.807) is 24.3 Å². The lowest BCUT2D eigenvalue weighted by Gasteiger charge is -2.25. The van der Waals surface area contributed by atoms with E-state index in [-0.39, 0.29) is 23.5 Å². The van der Waals surface area contributed by atoms with Crippen LogP contribution in [0.1, 0.15) is 52.1 Å². The van der Waals surface area contributed by atoms with Gasteiger partial charge in [0.1, 0.15) is 6.04 Å². The molecule has 0 bridgehead atoms. The number of amides is 3. The number of ether oxygens (including phenoxy) is 1. The Morgan fingerprint density at radius 1 is 1.00 bits per heavy atom. The maximum absolute atomic E-state index is 12.8. The molecule has 3 amide bonds. The number of hydrogen-bond donors (Lipinski definition) is 1. The number of imide groups is 1. The number of nitrogens with one attached hydrogen (secondary N) is 1. The molecular formula is C24H26N2O5. The summed E-state index contributed by atoms with van der Waals surface area (Å²) in [6.07, 6.45) is 0.239. The molecule has 0 fully saturated rings. The Balaban J connectivity index is 1.71. The van der Waals surface area contributed by atoms with E-state index in [9.17, 15) is 19.2 Å². The van der Waals surface area contributed by atoms with Crippen molar-refractivity contribution < 1.29 is 23.9 Å². The highest BCUT2D eigenvalue weighted by Gasteiger charge is 2.43. The van der Waals surface area contributed by atoms with Crippen LogP contribution in [0.5, 0.6) is 0 Å². The first-order valence-electron chi connectivity index (χ1n) is 10.2. The quantitative estimate of drug-likeness (QED) is 0.545. The Kier molecular flexibility index (Phi) is 6.53. The summed E-state index contributed by atoms with van der Waals surface area (Å²) in [7, 11) is 0. The summed E-state index contributed by atoms with van der Waals surface area (Å²) < 4.78 is 5.22. The first kappa shape index (κ1) is 22.2. The summed E-state index contributed by atoms with van der Waals surface area (Å²) in [6, 6.07) is 11.0. The van der Waals surface area contributed by atoms with Crippen molar-refractivity contribution in [3.8, 4) is 0 Å². The van der Waals surface area contributed by atoms with Gasteiger partial charge in [-0.1, -0.05) is 38.1 Å². The second-order valence-corrected chi connectivity index (χ2v) is 8.15. The third-order valence-electron chi connectivity index (χ3n) is 5.12. The van der Waals surface area contributed by atoms with Crippen LogP contribution >= 0.6 is 0 Å². The lowest BCUT2D eigenvalue weighted by atomic mass is 10.0. The van der Waals surface area contributed by atoms with Crippen LogP contribution in [0.4, 0.5) is 5.69 Å². The first-order chi connectivity index (χ1) is 14.7. The number of aryl methyl sites for hydroxylation is 2. The third-order valence-corrected chi connectivity index (χ3v) is 5.12.